The highest BCUT2D eigenvalue weighted by Crippen LogP contribution is 2.44. The molecular weight excluding hydrogens is 278 g/mol. The summed E-state index contributed by atoms with van der Waals surface area (Å²) in [6, 6.07) is 1.28. The van der Waals surface area contributed by atoms with E-state index in [1.807, 2.05) is 20.8 Å². The van der Waals surface area contributed by atoms with Gasteiger partial charge in [0.1, 0.15) is 5.60 Å². The number of hydrogen-bond acceptors (Lipinski definition) is 4. The van der Waals surface area contributed by atoms with Crippen molar-refractivity contribution in [2.75, 3.05) is 33.2 Å². The number of nitrogens with zero attached hydrogens (tertiary/aromatic N) is 2. The molecule has 126 valence electrons. The summed E-state index contributed by atoms with van der Waals surface area (Å²) in [7, 11) is 2.25. The lowest BCUT2D eigenvalue weighted by molar-refractivity contribution is 0.00264. The minimum Gasteiger partial charge on any atom is -0.444 e. The largest absolute Gasteiger partial charge is 0.444 e. The van der Waals surface area contributed by atoms with Gasteiger partial charge in [0.05, 0.1) is 0 Å². The van der Waals surface area contributed by atoms with E-state index >= 15 is 0 Å². The Balaban J connectivity index is 1.51. The fraction of sp³-hybridized carbons (Fsp3) is 0.941. The molecule has 0 aliphatic carbocycles. The van der Waals surface area contributed by atoms with E-state index in [1.54, 1.807) is 0 Å². The summed E-state index contributed by atoms with van der Waals surface area (Å²) in [5.74, 6) is 1.78. The second kappa shape index (κ2) is 6.00. The summed E-state index contributed by atoms with van der Waals surface area (Å²) in [6.07, 6.45) is 3.49. The Labute approximate surface area is 134 Å². The van der Waals surface area contributed by atoms with E-state index in [0.717, 1.165) is 18.3 Å². The van der Waals surface area contributed by atoms with Crippen molar-refractivity contribution in [2.24, 2.45) is 11.8 Å². The van der Waals surface area contributed by atoms with Crippen LogP contribution >= 0.6 is 0 Å². The highest BCUT2D eigenvalue weighted by atomic mass is 16.6. The molecule has 0 saturated carbocycles. The third-order valence-electron chi connectivity index (χ3n) is 5.61. The van der Waals surface area contributed by atoms with Gasteiger partial charge in [0.15, 0.2) is 0 Å². The number of piperidine rings is 3. The molecule has 4 aliphatic rings. The minimum absolute atomic E-state index is 0.296. The van der Waals surface area contributed by atoms with Crippen LogP contribution in [-0.2, 0) is 4.74 Å². The quantitative estimate of drug-likeness (QED) is 0.865. The molecule has 4 fully saturated rings. The summed E-state index contributed by atoms with van der Waals surface area (Å²) in [5.41, 5.74) is -0.423. The van der Waals surface area contributed by atoms with Gasteiger partial charge in [-0.15, -0.1) is 0 Å². The van der Waals surface area contributed by atoms with Gasteiger partial charge in [0, 0.05) is 25.2 Å². The van der Waals surface area contributed by atoms with Crippen LogP contribution in [0, 0.1) is 11.8 Å². The lowest BCUT2D eigenvalue weighted by Gasteiger charge is -2.49. The first kappa shape index (κ1) is 16.1. The SMILES string of the molecule is CN1CC2C3CCN(CC3)C2C1CCNC(=O)OC(C)(C)C. The normalized spacial score (nSPS) is 37.9. The zero-order valence-electron chi connectivity index (χ0n) is 14.5. The molecule has 4 rings (SSSR count). The number of carbonyl (C=O) groups excluding carboxylic acids is 1. The van der Waals surface area contributed by atoms with Gasteiger partial charge < -0.3 is 15.0 Å². The van der Waals surface area contributed by atoms with Crippen LogP contribution in [0.2, 0.25) is 0 Å². The molecule has 0 radical (unpaired) electrons. The zero-order chi connectivity index (χ0) is 15.9. The van der Waals surface area contributed by atoms with E-state index in [2.05, 4.69) is 22.2 Å². The van der Waals surface area contributed by atoms with Crippen LogP contribution in [0.25, 0.3) is 0 Å². The van der Waals surface area contributed by atoms with Crippen molar-refractivity contribution in [3.05, 3.63) is 0 Å². The Kier molecular flexibility index (Phi) is 4.38. The van der Waals surface area contributed by atoms with Gasteiger partial charge >= 0.3 is 6.09 Å². The van der Waals surface area contributed by atoms with Crippen LogP contribution in [0.1, 0.15) is 40.0 Å². The molecule has 4 saturated heterocycles. The molecule has 0 spiro atoms. The number of nitrogens with one attached hydrogen (secondary N) is 1. The second-order valence-corrected chi connectivity index (χ2v) is 8.25. The van der Waals surface area contributed by atoms with E-state index in [1.165, 1.54) is 32.5 Å². The van der Waals surface area contributed by atoms with Crippen LogP contribution in [-0.4, -0.2) is 66.8 Å². The molecule has 3 atom stereocenters. The lowest BCUT2D eigenvalue weighted by Crippen LogP contribution is -2.57. The molecule has 2 bridgehead atoms. The number of rotatable bonds is 3. The predicted octanol–water partition coefficient (Wildman–Crippen LogP) is 1.93. The summed E-state index contributed by atoms with van der Waals surface area (Å²) in [6.45, 7) is 10.2. The van der Waals surface area contributed by atoms with Gasteiger partial charge in [-0.25, -0.2) is 4.79 Å². The molecule has 1 N–H and O–H groups in total. The molecule has 1 amide bonds. The first-order valence-corrected chi connectivity index (χ1v) is 8.76. The monoisotopic (exact) mass is 309 g/mol. The number of hydrogen-bond donors (Lipinski definition) is 1. The smallest absolute Gasteiger partial charge is 0.407 e. The van der Waals surface area contributed by atoms with Crippen molar-refractivity contribution in [2.45, 2.75) is 57.7 Å². The molecular formula is C17H31N3O2. The summed E-state index contributed by atoms with van der Waals surface area (Å²) in [4.78, 5) is 17.0. The maximum atomic E-state index is 11.8. The molecule has 4 aliphatic heterocycles. The summed E-state index contributed by atoms with van der Waals surface area (Å²) >= 11 is 0. The fourth-order valence-corrected chi connectivity index (χ4v) is 4.74. The molecule has 0 aromatic carbocycles. The lowest BCUT2D eigenvalue weighted by atomic mass is 9.73. The Morgan fingerprint density at radius 3 is 2.59 bits per heavy atom. The number of ether oxygens (including phenoxy) is 1. The van der Waals surface area contributed by atoms with E-state index in [0.29, 0.717) is 18.6 Å². The highest BCUT2D eigenvalue weighted by Gasteiger charge is 2.50. The molecule has 5 nitrogen and oxygen atoms in total. The maximum absolute atomic E-state index is 11.8. The number of likely N-dealkylation sites (tertiary alicyclic amines) is 1. The van der Waals surface area contributed by atoms with Crippen molar-refractivity contribution in [1.82, 2.24) is 15.1 Å². The zero-order valence-corrected chi connectivity index (χ0v) is 14.5. The van der Waals surface area contributed by atoms with Crippen molar-refractivity contribution in [3.63, 3.8) is 0 Å². The molecule has 0 aromatic rings. The highest BCUT2D eigenvalue weighted by molar-refractivity contribution is 5.67. The standard InChI is InChI=1S/C17H31N3O2/c1-17(2,3)22-16(21)18-8-5-14-15-13(11-19(14)4)12-6-9-20(15)10-7-12/h12-15H,5-11H2,1-4H3,(H,18,21). The average Bonchev–Trinajstić information content (AvgIpc) is 2.77. The minimum atomic E-state index is -0.423. The fourth-order valence-electron chi connectivity index (χ4n) is 4.74. The second-order valence-electron chi connectivity index (χ2n) is 8.25. The van der Waals surface area contributed by atoms with Gasteiger partial charge in [0.25, 0.3) is 0 Å². The molecule has 5 heteroatoms. The Hall–Kier alpha value is -0.810. The van der Waals surface area contributed by atoms with Crippen molar-refractivity contribution in [1.29, 1.82) is 0 Å². The molecule has 3 unspecified atom stereocenters. The average molecular weight is 309 g/mol. The van der Waals surface area contributed by atoms with Gasteiger partial charge in [-0.3, -0.25) is 4.90 Å². The number of carbonyl (C=O) groups is 1. The summed E-state index contributed by atoms with van der Waals surface area (Å²) < 4.78 is 5.31. The topological polar surface area (TPSA) is 44.8 Å². The van der Waals surface area contributed by atoms with Gasteiger partial charge in [-0.2, -0.15) is 0 Å². The van der Waals surface area contributed by atoms with Gasteiger partial charge in [-0.05, 0) is 72.0 Å². The number of likely N-dealkylation sites (N-methyl/N-ethyl adjacent to an activating group) is 1. The van der Waals surface area contributed by atoms with Crippen LogP contribution in [0.15, 0.2) is 0 Å². The molecule has 0 aromatic heterocycles. The Morgan fingerprint density at radius 2 is 1.95 bits per heavy atom. The Morgan fingerprint density at radius 1 is 1.27 bits per heavy atom. The first-order chi connectivity index (χ1) is 10.3. The predicted molar refractivity (Wildman–Crippen MR) is 86.8 cm³/mol. The van der Waals surface area contributed by atoms with E-state index in [4.69, 9.17) is 4.74 Å². The first-order valence-electron chi connectivity index (χ1n) is 8.76. The van der Waals surface area contributed by atoms with Crippen LogP contribution in [0.3, 0.4) is 0 Å². The number of alkyl carbamates (subject to hydrolysis) is 1. The van der Waals surface area contributed by atoms with Gasteiger partial charge in [0.2, 0.25) is 0 Å². The van der Waals surface area contributed by atoms with Crippen molar-refractivity contribution in [3.8, 4) is 0 Å². The van der Waals surface area contributed by atoms with Crippen LogP contribution in [0.4, 0.5) is 4.79 Å². The maximum Gasteiger partial charge on any atom is 0.407 e. The van der Waals surface area contributed by atoms with E-state index in [-0.39, 0.29) is 6.09 Å². The van der Waals surface area contributed by atoms with Crippen LogP contribution in [0.5, 0.6) is 0 Å². The van der Waals surface area contributed by atoms with Gasteiger partial charge in [-0.1, -0.05) is 0 Å². The van der Waals surface area contributed by atoms with E-state index in [9.17, 15) is 4.79 Å². The number of amides is 1. The van der Waals surface area contributed by atoms with Crippen molar-refractivity contribution < 1.29 is 9.53 Å². The summed E-state index contributed by atoms with van der Waals surface area (Å²) in [5, 5.41) is 2.92. The van der Waals surface area contributed by atoms with Crippen LogP contribution < -0.4 is 5.32 Å². The molecule has 22 heavy (non-hydrogen) atoms. The molecule has 4 heterocycles. The van der Waals surface area contributed by atoms with Crippen molar-refractivity contribution >= 4 is 6.09 Å². The van der Waals surface area contributed by atoms with E-state index < -0.39 is 5.60 Å². The third kappa shape index (κ3) is 3.25. The Bertz CT molecular complexity index is 413. The number of fused-ring (bicyclic) bond motifs is 2. The third-order valence-corrected chi connectivity index (χ3v) is 5.61.